The number of hydrogen-bond acceptors (Lipinski definition) is 3. The molecule has 1 fully saturated rings. The lowest BCUT2D eigenvalue weighted by Gasteiger charge is -2.43. The van der Waals surface area contributed by atoms with E-state index in [2.05, 4.69) is 58.7 Å². The van der Waals surface area contributed by atoms with Crippen LogP contribution >= 0.6 is 0 Å². The van der Waals surface area contributed by atoms with Crippen molar-refractivity contribution < 1.29 is 9.53 Å². The van der Waals surface area contributed by atoms with Crippen LogP contribution in [0.5, 0.6) is 0 Å². The van der Waals surface area contributed by atoms with Crippen LogP contribution in [-0.2, 0) is 16.1 Å². The molecule has 27 heavy (non-hydrogen) atoms. The third kappa shape index (κ3) is 3.52. The number of nitrogens with one attached hydrogen (secondary N) is 1. The molecule has 0 saturated carbocycles. The lowest BCUT2D eigenvalue weighted by atomic mass is 9.76. The average molecular weight is 364 g/mol. The normalized spacial score (nSPS) is 21.5. The van der Waals surface area contributed by atoms with Crippen LogP contribution in [0, 0.1) is 5.41 Å². The highest BCUT2D eigenvalue weighted by atomic mass is 16.5. The van der Waals surface area contributed by atoms with Gasteiger partial charge in [0.2, 0.25) is 5.91 Å². The molecule has 4 nitrogen and oxygen atoms in total. The summed E-state index contributed by atoms with van der Waals surface area (Å²) in [7, 11) is 1.70. The summed E-state index contributed by atoms with van der Waals surface area (Å²) < 4.78 is 5.50. The first-order valence-corrected chi connectivity index (χ1v) is 9.85. The molecule has 1 amide bonds. The number of benzene rings is 2. The SMILES string of the molecule is COCC1(C(=O)N2Cc3ccccc3C(c3ccccc3)C2)CCNCC1. The van der Waals surface area contributed by atoms with E-state index >= 15 is 0 Å². The van der Waals surface area contributed by atoms with E-state index < -0.39 is 5.41 Å². The minimum Gasteiger partial charge on any atom is -0.384 e. The van der Waals surface area contributed by atoms with Crippen LogP contribution in [-0.4, -0.2) is 44.2 Å². The molecule has 1 unspecified atom stereocenters. The average Bonchev–Trinajstić information content (AvgIpc) is 2.74. The molecule has 2 aliphatic rings. The van der Waals surface area contributed by atoms with Gasteiger partial charge in [0.05, 0.1) is 12.0 Å². The molecule has 4 rings (SSSR count). The first kappa shape index (κ1) is 18.2. The molecule has 2 aromatic carbocycles. The molecule has 2 heterocycles. The van der Waals surface area contributed by atoms with Crippen molar-refractivity contribution in [3.05, 3.63) is 71.3 Å². The number of ether oxygens (including phenoxy) is 1. The fraction of sp³-hybridized carbons (Fsp3) is 0.435. The summed E-state index contributed by atoms with van der Waals surface area (Å²) in [5, 5.41) is 3.38. The Morgan fingerprint density at radius 1 is 1.11 bits per heavy atom. The zero-order valence-corrected chi connectivity index (χ0v) is 16.0. The summed E-state index contributed by atoms with van der Waals surface area (Å²) >= 11 is 0. The predicted octanol–water partition coefficient (Wildman–Crippen LogP) is 3.18. The van der Waals surface area contributed by atoms with Gasteiger partial charge in [0.25, 0.3) is 0 Å². The first-order chi connectivity index (χ1) is 13.2. The summed E-state index contributed by atoms with van der Waals surface area (Å²) in [6, 6.07) is 19.1. The van der Waals surface area contributed by atoms with Crippen molar-refractivity contribution in [1.82, 2.24) is 10.2 Å². The van der Waals surface area contributed by atoms with Gasteiger partial charge in [-0.3, -0.25) is 4.79 Å². The molecule has 1 atom stereocenters. The smallest absolute Gasteiger partial charge is 0.231 e. The Kier molecular flexibility index (Phi) is 5.28. The summed E-state index contributed by atoms with van der Waals surface area (Å²) in [4.78, 5) is 15.7. The summed E-state index contributed by atoms with van der Waals surface area (Å²) in [6.45, 7) is 3.68. The van der Waals surface area contributed by atoms with Crippen molar-refractivity contribution in [2.24, 2.45) is 5.41 Å². The van der Waals surface area contributed by atoms with Gasteiger partial charge in [-0.1, -0.05) is 54.6 Å². The van der Waals surface area contributed by atoms with Crippen LogP contribution in [0.3, 0.4) is 0 Å². The quantitative estimate of drug-likeness (QED) is 0.906. The van der Waals surface area contributed by atoms with Gasteiger partial charge in [0.1, 0.15) is 0 Å². The highest BCUT2D eigenvalue weighted by Crippen LogP contribution is 2.38. The van der Waals surface area contributed by atoms with Crippen LogP contribution in [0.1, 0.15) is 35.4 Å². The van der Waals surface area contributed by atoms with E-state index in [0.717, 1.165) is 32.5 Å². The van der Waals surface area contributed by atoms with E-state index in [4.69, 9.17) is 4.74 Å². The van der Waals surface area contributed by atoms with E-state index in [0.29, 0.717) is 13.2 Å². The zero-order valence-electron chi connectivity index (χ0n) is 16.0. The molecular formula is C23H28N2O2. The van der Waals surface area contributed by atoms with Crippen LogP contribution in [0.25, 0.3) is 0 Å². The van der Waals surface area contributed by atoms with E-state index in [9.17, 15) is 4.79 Å². The maximum absolute atomic E-state index is 13.7. The van der Waals surface area contributed by atoms with Crippen molar-refractivity contribution in [3.63, 3.8) is 0 Å². The predicted molar refractivity (Wildman–Crippen MR) is 107 cm³/mol. The number of fused-ring (bicyclic) bond motifs is 1. The highest BCUT2D eigenvalue weighted by molar-refractivity contribution is 5.83. The molecule has 2 aliphatic heterocycles. The van der Waals surface area contributed by atoms with Gasteiger partial charge in [0, 0.05) is 26.1 Å². The maximum atomic E-state index is 13.7. The molecular weight excluding hydrogens is 336 g/mol. The molecule has 0 bridgehead atoms. The van der Waals surface area contributed by atoms with Gasteiger partial charge in [-0.15, -0.1) is 0 Å². The Bertz CT molecular complexity index is 778. The van der Waals surface area contributed by atoms with E-state index in [1.54, 1.807) is 7.11 Å². The number of methoxy groups -OCH3 is 1. The minimum absolute atomic E-state index is 0.224. The Hall–Kier alpha value is -2.17. The van der Waals surface area contributed by atoms with E-state index in [1.165, 1.54) is 16.7 Å². The fourth-order valence-electron chi connectivity index (χ4n) is 4.67. The molecule has 4 heteroatoms. The summed E-state index contributed by atoms with van der Waals surface area (Å²) in [5.41, 5.74) is 3.48. The van der Waals surface area contributed by atoms with Crippen molar-refractivity contribution in [2.45, 2.75) is 25.3 Å². The third-order valence-electron chi connectivity index (χ3n) is 6.12. The number of hydrogen-bond donors (Lipinski definition) is 1. The Morgan fingerprint density at radius 3 is 2.56 bits per heavy atom. The van der Waals surface area contributed by atoms with Gasteiger partial charge in [-0.05, 0) is 42.6 Å². The van der Waals surface area contributed by atoms with Crippen molar-refractivity contribution in [2.75, 3.05) is 33.4 Å². The Labute approximate surface area is 161 Å². The zero-order chi connectivity index (χ0) is 18.7. The lowest BCUT2D eigenvalue weighted by molar-refractivity contribution is -0.148. The van der Waals surface area contributed by atoms with Crippen molar-refractivity contribution in [1.29, 1.82) is 0 Å². The first-order valence-electron chi connectivity index (χ1n) is 9.85. The number of carbonyl (C=O) groups is 1. The largest absolute Gasteiger partial charge is 0.384 e. The van der Waals surface area contributed by atoms with Crippen LogP contribution in [0.15, 0.2) is 54.6 Å². The number of piperidine rings is 1. The van der Waals surface area contributed by atoms with E-state index in [1.807, 2.05) is 6.07 Å². The molecule has 1 saturated heterocycles. The second-order valence-electron chi connectivity index (χ2n) is 7.81. The highest BCUT2D eigenvalue weighted by Gasteiger charge is 2.43. The van der Waals surface area contributed by atoms with Crippen molar-refractivity contribution >= 4 is 5.91 Å². The molecule has 0 spiro atoms. The summed E-state index contributed by atoms with van der Waals surface area (Å²) in [5.74, 6) is 0.475. The molecule has 1 N–H and O–H groups in total. The van der Waals surface area contributed by atoms with Gasteiger partial charge in [-0.25, -0.2) is 0 Å². The van der Waals surface area contributed by atoms with Gasteiger partial charge >= 0.3 is 0 Å². The third-order valence-corrected chi connectivity index (χ3v) is 6.12. The molecule has 0 aliphatic carbocycles. The van der Waals surface area contributed by atoms with Gasteiger partial charge in [-0.2, -0.15) is 0 Å². The fourth-order valence-corrected chi connectivity index (χ4v) is 4.67. The van der Waals surface area contributed by atoms with Crippen LogP contribution in [0.4, 0.5) is 0 Å². The minimum atomic E-state index is -0.395. The number of rotatable bonds is 4. The number of carbonyl (C=O) groups excluding carboxylic acids is 1. The Balaban J connectivity index is 1.67. The second kappa shape index (κ2) is 7.83. The number of amides is 1. The maximum Gasteiger partial charge on any atom is 0.231 e. The molecule has 0 radical (unpaired) electrons. The van der Waals surface area contributed by atoms with Gasteiger partial charge < -0.3 is 15.0 Å². The monoisotopic (exact) mass is 364 g/mol. The molecule has 2 aromatic rings. The number of nitrogens with zero attached hydrogens (tertiary/aromatic N) is 1. The van der Waals surface area contributed by atoms with Crippen LogP contribution < -0.4 is 5.32 Å². The molecule has 142 valence electrons. The van der Waals surface area contributed by atoms with Gasteiger partial charge in [0.15, 0.2) is 0 Å². The van der Waals surface area contributed by atoms with E-state index in [-0.39, 0.29) is 11.8 Å². The lowest BCUT2D eigenvalue weighted by Crippen LogP contribution is -2.53. The molecule has 0 aromatic heterocycles. The van der Waals surface area contributed by atoms with Crippen LogP contribution in [0.2, 0.25) is 0 Å². The Morgan fingerprint density at radius 2 is 1.81 bits per heavy atom. The summed E-state index contributed by atoms with van der Waals surface area (Å²) in [6.07, 6.45) is 1.68. The topological polar surface area (TPSA) is 41.6 Å². The standard InChI is InChI=1S/C23H28N2O2/c1-27-17-23(11-13-24-14-12-23)22(26)25-15-19-9-5-6-10-20(19)21(16-25)18-7-3-2-4-8-18/h2-10,21,24H,11-17H2,1H3. The van der Waals surface area contributed by atoms with Crippen molar-refractivity contribution in [3.8, 4) is 0 Å². The second-order valence-corrected chi connectivity index (χ2v) is 7.81.